The van der Waals surface area contributed by atoms with E-state index in [9.17, 15) is 4.79 Å². The Bertz CT molecular complexity index is 692. The molecule has 0 aliphatic carbocycles. The largest absolute Gasteiger partial charge is 0.497 e. The molecule has 0 unspecified atom stereocenters. The van der Waals surface area contributed by atoms with Gasteiger partial charge in [-0.1, -0.05) is 17.3 Å². The molecule has 0 fully saturated rings. The van der Waals surface area contributed by atoms with Gasteiger partial charge in [0.2, 0.25) is 0 Å². The summed E-state index contributed by atoms with van der Waals surface area (Å²) in [5, 5.41) is 8.22. The predicted octanol–water partition coefficient (Wildman–Crippen LogP) is 2.24. The summed E-state index contributed by atoms with van der Waals surface area (Å²) in [5.41, 5.74) is 1.40. The topological polar surface area (TPSA) is 75.5 Å². The zero-order chi connectivity index (χ0) is 18.3. The summed E-state index contributed by atoms with van der Waals surface area (Å²) in [6.45, 7) is 6.41. The first-order valence-electron chi connectivity index (χ1n) is 8.17. The Kier molecular flexibility index (Phi) is 6.52. The molecule has 0 saturated carbocycles. The summed E-state index contributed by atoms with van der Waals surface area (Å²) in [4.78, 5) is 11.5. The van der Waals surface area contributed by atoms with Gasteiger partial charge >= 0.3 is 5.97 Å². The van der Waals surface area contributed by atoms with E-state index in [4.69, 9.17) is 14.2 Å². The van der Waals surface area contributed by atoms with Crippen LogP contribution in [0.1, 0.15) is 32.0 Å². The maximum Gasteiger partial charge on any atom is 0.332 e. The smallest absolute Gasteiger partial charge is 0.332 e. The second-order valence-electron chi connectivity index (χ2n) is 6.65. The van der Waals surface area contributed by atoms with Crippen LogP contribution in [0.15, 0.2) is 30.5 Å². The summed E-state index contributed by atoms with van der Waals surface area (Å²) in [5.74, 6) is 0.447. The molecule has 25 heavy (non-hydrogen) atoms. The van der Waals surface area contributed by atoms with Crippen molar-refractivity contribution in [2.45, 2.75) is 39.3 Å². The predicted molar refractivity (Wildman–Crippen MR) is 92.5 cm³/mol. The molecule has 2 aromatic rings. The van der Waals surface area contributed by atoms with Crippen molar-refractivity contribution in [1.29, 1.82) is 0 Å². The van der Waals surface area contributed by atoms with Crippen LogP contribution in [0.4, 0.5) is 0 Å². The molecule has 136 valence electrons. The Morgan fingerprint density at radius 2 is 2.08 bits per heavy atom. The van der Waals surface area contributed by atoms with Crippen molar-refractivity contribution < 1.29 is 19.0 Å². The molecule has 0 spiro atoms. The van der Waals surface area contributed by atoms with Gasteiger partial charge in [-0.25, -0.2) is 9.48 Å². The van der Waals surface area contributed by atoms with Crippen molar-refractivity contribution in [3.63, 3.8) is 0 Å². The summed E-state index contributed by atoms with van der Waals surface area (Å²) in [6, 6.07) is 7.81. The zero-order valence-electron chi connectivity index (χ0n) is 15.2. The molecule has 2 rings (SSSR count). The molecule has 1 aromatic carbocycles. The van der Waals surface area contributed by atoms with Crippen molar-refractivity contribution in [2.24, 2.45) is 0 Å². The Hall–Kier alpha value is -2.41. The van der Waals surface area contributed by atoms with Gasteiger partial charge < -0.3 is 14.2 Å². The number of rotatable bonds is 8. The Morgan fingerprint density at radius 3 is 2.80 bits per heavy atom. The van der Waals surface area contributed by atoms with Crippen LogP contribution in [0.2, 0.25) is 0 Å². The van der Waals surface area contributed by atoms with Crippen molar-refractivity contribution in [3.05, 3.63) is 41.7 Å². The first kappa shape index (κ1) is 18.9. The standard InChI is InChI=1S/C18H25N3O4/c1-18(2,3)25-17(22)13-24-9-8-15-12-21(20-19-15)11-14-6-5-7-16(10-14)23-4/h5-7,10,12H,8-9,11,13H2,1-4H3. The van der Waals surface area contributed by atoms with Gasteiger partial charge in [-0.3, -0.25) is 0 Å². The van der Waals surface area contributed by atoms with Crippen molar-refractivity contribution in [2.75, 3.05) is 20.3 Å². The number of hydrogen-bond donors (Lipinski definition) is 0. The van der Waals surface area contributed by atoms with Gasteiger partial charge in [0.15, 0.2) is 0 Å². The SMILES string of the molecule is COc1cccc(Cn2cc(CCOCC(=O)OC(C)(C)C)nn2)c1. The van der Waals surface area contributed by atoms with E-state index in [-0.39, 0.29) is 12.6 Å². The second kappa shape index (κ2) is 8.62. The maximum atomic E-state index is 11.5. The molecule has 7 heteroatoms. The molecule has 1 aromatic heterocycles. The second-order valence-corrected chi connectivity index (χ2v) is 6.65. The molecule has 7 nitrogen and oxygen atoms in total. The van der Waals surface area contributed by atoms with Gasteiger partial charge in [0, 0.05) is 12.6 Å². The van der Waals surface area contributed by atoms with E-state index in [1.807, 2.05) is 51.2 Å². The molecular weight excluding hydrogens is 322 g/mol. The van der Waals surface area contributed by atoms with E-state index < -0.39 is 5.60 Å². The minimum Gasteiger partial charge on any atom is -0.497 e. The van der Waals surface area contributed by atoms with Crippen LogP contribution in [-0.4, -0.2) is 46.9 Å². The van der Waals surface area contributed by atoms with E-state index in [1.54, 1.807) is 11.8 Å². The van der Waals surface area contributed by atoms with Gasteiger partial charge in [-0.2, -0.15) is 0 Å². The Morgan fingerprint density at radius 1 is 1.28 bits per heavy atom. The quantitative estimate of drug-likeness (QED) is 0.538. The molecule has 0 atom stereocenters. The maximum absolute atomic E-state index is 11.5. The third kappa shape index (κ3) is 6.93. The van der Waals surface area contributed by atoms with E-state index >= 15 is 0 Å². The van der Waals surface area contributed by atoms with E-state index in [1.165, 1.54) is 0 Å². The number of methoxy groups -OCH3 is 1. The van der Waals surface area contributed by atoms with Crippen LogP contribution in [0.25, 0.3) is 0 Å². The molecule has 0 aliphatic rings. The molecule has 0 N–H and O–H groups in total. The number of esters is 1. The minimum atomic E-state index is -0.497. The fraction of sp³-hybridized carbons (Fsp3) is 0.500. The number of hydrogen-bond acceptors (Lipinski definition) is 6. The van der Waals surface area contributed by atoms with Gasteiger partial charge in [0.1, 0.15) is 18.0 Å². The van der Waals surface area contributed by atoms with Crippen LogP contribution in [-0.2, 0) is 27.2 Å². The van der Waals surface area contributed by atoms with Crippen LogP contribution >= 0.6 is 0 Å². The summed E-state index contributed by atoms with van der Waals surface area (Å²) in [7, 11) is 1.64. The first-order chi connectivity index (χ1) is 11.9. The minimum absolute atomic E-state index is 0.0603. The number of carbonyl (C=O) groups excluding carboxylic acids is 1. The van der Waals surface area contributed by atoms with Gasteiger partial charge in [0.25, 0.3) is 0 Å². The molecular formula is C18H25N3O4. The summed E-state index contributed by atoms with van der Waals surface area (Å²) in [6.07, 6.45) is 2.46. The normalized spacial score (nSPS) is 11.4. The third-order valence-electron chi connectivity index (χ3n) is 3.21. The van der Waals surface area contributed by atoms with Gasteiger partial charge in [-0.15, -0.1) is 5.10 Å². The van der Waals surface area contributed by atoms with Crippen molar-refractivity contribution in [3.8, 4) is 5.75 Å². The Balaban J connectivity index is 1.75. The van der Waals surface area contributed by atoms with Crippen molar-refractivity contribution >= 4 is 5.97 Å². The average molecular weight is 347 g/mol. The van der Waals surface area contributed by atoms with Crippen LogP contribution < -0.4 is 4.74 Å². The number of carbonyl (C=O) groups is 1. The Labute approximate surface area is 147 Å². The van der Waals surface area contributed by atoms with Crippen LogP contribution in [0.5, 0.6) is 5.75 Å². The highest BCUT2D eigenvalue weighted by atomic mass is 16.6. The summed E-state index contributed by atoms with van der Waals surface area (Å²) >= 11 is 0. The lowest BCUT2D eigenvalue weighted by Crippen LogP contribution is -2.26. The number of aromatic nitrogens is 3. The van der Waals surface area contributed by atoms with E-state index in [0.29, 0.717) is 19.6 Å². The number of nitrogens with zero attached hydrogens (tertiary/aromatic N) is 3. The molecule has 0 amide bonds. The monoisotopic (exact) mass is 347 g/mol. The van der Waals surface area contributed by atoms with E-state index in [2.05, 4.69) is 10.3 Å². The number of benzene rings is 1. The molecule has 0 aliphatic heterocycles. The number of ether oxygens (including phenoxy) is 3. The lowest BCUT2D eigenvalue weighted by molar-refractivity contribution is -0.160. The van der Waals surface area contributed by atoms with Gasteiger partial charge in [-0.05, 0) is 38.5 Å². The molecule has 0 bridgehead atoms. The lowest BCUT2D eigenvalue weighted by Gasteiger charge is -2.19. The highest BCUT2D eigenvalue weighted by Gasteiger charge is 2.16. The lowest BCUT2D eigenvalue weighted by atomic mass is 10.2. The molecule has 1 heterocycles. The van der Waals surface area contributed by atoms with Crippen molar-refractivity contribution in [1.82, 2.24) is 15.0 Å². The third-order valence-corrected chi connectivity index (χ3v) is 3.21. The van der Waals surface area contributed by atoms with E-state index in [0.717, 1.165) is 17.0 Å². The fourth-order valence-corrected chi connectivity index (χ4v) is 2.19. The highest BCUT2D eigenvalue weighted by molar-refractivity contribution is 5.71. The summed E-state index contributed by atoms with van der Waals surface area (Å²) < 4.78 is 17.5. The van der Waals surface area contributed by atoms with Crippen LogP contribution in [0.3, 0.4) is 0 Å². The van der Waals surface area contributed by atoms with Crippen LogP contribution in [0, 0.1) is 0 Å². The highest BCUT2D eigenvalue weighted by Crippen LogP contribution is 2.13. The van der Waals surface area contributed by atoms with Gasteiger partial charge in [0.05, 0.1) is 26.0 Å². The molecule has 0 radical (unpaired) electrons. The fourth-order valence-electron chi connectivity index (χ4n) is 2.19. The average Bonchev–Trinajstić information content (AvgIpc) is 2.97. The first-order valence-corrected chi connectivity index (χ1v) is 8.17. The molecule has 0 saturated heterocycles. The zero-order valence-corrected chi connectivity index (χ0v) is 15.2.